The molecule has 1 N–H and O–H groups in total. The highest BCUT2D eigenvalue weighted by molar-refractivity contribution is 5.82. The first kappa shape index (κ1) is 15.0. The maximum Gasteiger partial charge on any atom is 0.332 e. The number of carboxylic acids is 1. The lowest BCUT2D eigenvalue weighted by molar-refractivity contribution is -0.155. The monoisotopic (exact) mass is 309 g/mol. The summed E-state index contributed by atoms with van der Waals surface area (Å²) in [5.74, 6) is 0.325. The van der Waals surface area contributed by atoms with Crippen molar-refractivity contribution in [3.05, 3.63) is 11.7 Å². The van der Waals surface area contributed by atoms with Crippen molar-refractivity contribution in [2.24, 2.45) is 0 Å². The van der Waals surface area contributed by atoms with Crippen molar-refractivity contribution in [2.75, 3.05) is 13.1 Å². The van der Waals surface area contributed by atoms with Crippen molar-refractivity contribution in [1.29, 1.82) is 0 Å². The normalized spacial score (nSPS) is 26.3. The van der Waals surface area contributed by atoms with Crippen LogP contribution >= 0.6 is 0 Å². The summed E-state index contributed by atoms with van der Waals surface area (Å²) in [5, 5.41) is 12.7. The molecule has 0 radical (unpaired) electrons. The molecule has 22 heavy (non-hydrogen) atoms. The number of hydrogen-bond acceptors (Lipinski definition) is 6. The Kier molecular flexibility index (Phi) is 4.10. The second-order valence-electron chi connectivity index (χ2n) is 5.81. The Morgan fingerprint density at radius 3 is 2.41 bits per heavy atom. The minimum Gasteiger partial charge on any atom is -0.479 e. The van der Waals surface area contributed by atoms with Crippen molar-refractivity contribution in [2.45, 2.75) is 50.7 Å². The van der Waals surface area contributed by atoms with Gasteiger partial charge < -0.3 is 19.3 Å². The predicted molar refractivity (Wildman–Crippen MR) is 73.1 cm³/mol. The van der Waals surface area contributed by atoms with Crippen LogP contribution in [-0.4, -0.2) is 57.3 Å². The van der Waals surface area contributed by atoms with Crippen LogP contribution in [0.1, 0.15) is 43.3 Å². The fraction of sp³-hybridized carbons (Fsp3) is 0.714. The number of carbonyl (C=O) groups is 2. The van der Waals surface area contributed by atoms with Crippen molar-refractivity contribution in [3.63, 3.8) is 0 Å². The highest BCUT2D eigenvalue weighted by Crippen LogP contribution is 2.29. The summed E-state index contributed by atoms with van der Waals surface area (Å²) >= 11 is 0. The van der Waals surface area contributed by atoms with E-state index in [1.807, 2.05) is 0 Å². The van der Waals surface area contributed by atoms with Gasteiger partial charge in [0, 0.05) is 19.0 Å². The SMILES string of the molecule is Cc1noc(C2CCN(C(=O)[C@@H]3CC[C@H](C(=O)O)O3)CC2)n1. The van der Waals surface area contributed by atoms with Gasteiger partial charge in [0.1, 0.15) is 6.10 Å². The average molecular weight is 309 g/mol. The molecule has 1 amide bonds. The molecule has 1 aromatic heterocycles. The molecule has 3 heterocycles. The summed E-state index contributed by atoms with van der Waals surface area (Å²) in [5.41, 5.74) is 0. The lowest BCUT2D eigenvalue weighted by Gasteiger charge is -2.32. The summed E-state index contributed by atoms with van der Waals surface area (Å²) in [7, 11) is 0. The summed E-state index contributed by atoms with van der Waals surface area (Å²) in [4.78, 5) is 29.2. The van der Waals surface area contributed by atoms with Crippen LogP contribution in [0, 0.1) is 6.92 Å². The fourth-order valence-corrected chi connectivity index (χ4v) is 3.03. The number of rotatable bonds is 3. The van der Waals surface area contributed by atoms with Gasteiger partial charge in [0.2, 0.25) is 5.89 Å². The van der Waals surface area contributed by atoms with E-state index in [9.17, 15) is 9.59 Å². The molecule has 120 valence electrons. The maximum absolute atomic E-state index is 12.4. The van der Waals surface area contributed by atoms with Gasteiger partial charge in [0.05, 0.1) is 0 Å². The van der Waals surface area contributed by atoms with Gasteiger partial charge in [-0.3, -0.25) is 4.79 Å². The molecular formula is C14H19N3O5. The van der Waals surface area contributed by atoms with E-state index >= 15 is 0 Å². The van der Waals surface area contributed by atoms with Crippen molar-refractivity contribution in [3.8, 4) is 0 Å². The summed E-state index contributed by atoms with van der Waals surface area (Å²) in [6, 6.07) is 0. The molecule has 8 nitrogen and oxygen atoms in total. The molecular weight excluding hydrogens is 290 g/mol. The van der Waals surface area contributed by atoms with Crippen molar-refractivity contribution < 1.29 is 24.0 Å². The Labute approximate surface area is 127 Å². The molecule has 0 saturated carbocycles. The van der Waals surface area contributed by atoms with E-state index < -0.39 is 18.2 Å². The predicted octanol–water partition coefficient (Wildman–Crippen LogP) is 0.716. The lowest BCUT2D eigenvalue weighted by Crippen LogP contribution is -2.43. The van der Waals surface area contributed by atoms with E-state index in [-0.39, 0.29) is 11.8 Å². The molecule has 2 aliphatic heterocycles. The molecule has 3 rings (SSSR count). The first-order chi connectivity index (χ1) is 10.5. The lowest BCUT2D eigenvalue weighted by atomic mass is 9.96. The highest BCUT2D eigenvalue weighted by atomic mass is 16.5. The van der Waals surface area contributed by atoms with E-state index in [1.165, 1.54) is 0 Å². The molecule has 2 fully saturated rings. The Balaban J connectivity index is 1.53. The van der Waals surface area contributed by atoms with E-state index in [0.29, 0.717) is 37.6 Å². The van der Waals surface area contributed by atoms with Gasteiger partial charge in [-0.2, -0.15) is 4.98 Å². The standard InChI is InChI=1S/C14H19N3O5/c1-8-15-12(22-16-8)9-4-6-17(7-5-9)13(18)10-2-3-11(21-10)14(19)20/h9-11H,2-7H2,1H3,(H,19,20)/t10-,11+/m0/s1. The maximum atomic E-state index is 12.4. The Morgan fingerprint density at radius 2 is 1.86 bits per heavy atom. The topological polar surface area (TPSA) is 106 Å². The van der Waals surface area contributed by atoms with Crippen LogP contribution in [0.15, 0.2) is 4.52 Å². The molecule has 0 spiro atoms. The molecule has 2 atom stereocenters. The zero-order valence-corrected chi connectivity index (χ0v) is 12.4. The number of carbonyl (C=O) groups excluding carboxylic acids is 1. The fourth-order valence-electron chi connectivity index (χ4n) is 3.03. The second kappa shape index (κ2) is 6.04. The van der Waals surface area contributed by atoms with Crippen LogP contribution in [0.5, 0.6) is 0 Å². The van der Waals surface area contributed by atoms with Crippen molar-refractivity contribution >= 4 is 11.9 Å². The van der Waals surface area contributed by atoms with E-state index in [2.05, 4.69) is 10.1 Å². The first-order valence-electron chi connectivity index (χ1n) is 7.52. The van der Waals surface area contributed by atoms with Crippen LogP contribution in [0.2, 0.25) is 0 Å². The van der Waals surface area contributed by atoms with Gasteiger partial charge in [-0.1, -0.05) is 5.16 Å². The number of aromatic nitrogens is 2. The molecule has 0 aliphatic carbocycles. The van der Waals surface area contributed by atoms with Gasteiger partial charge in [-0.25, -0.2) is 4.79 Å². The Morgan fingerprint density at radius 1 is 1.18 bits per heavy atom. The van der Waals surface area contributed by atoms with Crippen LogP contribution in [-0.2, 0) is 14.3 Å². The molecule has 2 saturated heterocycles. The highest BCUT2D eigenvalue weighted by Gasteiger charge is 2.38. The summed E-state index contributed by atoms with van der Waals surface area (Å²) < 4.78 is 10.5. The van der Waals surface area contributed by atoms with Gasteiger partial charge in [-0.05, 0) is 32.6 Å². The zero-order valence-electron chi connectivity index (χ0n) is 12.4. The third kappa shape index (κ3) is 2.96. The number of amides is 1. The van der Waals surface area contributed by atoms with Gasteiger partial charge in [-0.15, -0.1) is 0 Å². The number of likely N-dealkylation sites (tertiary alicyclic amines) is 1. The minimum atomic E-state index is -0.999. The van der Waals surface area contributed by atoms with Crippen LogP contribution in [0.25, 0.3) is 0 Å². The number of aryl methyl sites for hydroxylation is 1. The van der Waals surface area contributed by atoms with E-state index in [1.54, 1.807) is 11.8 Å². The van der Waals surface area contributed by atoms with Gasteiger partial charge >= 0.3 is 5.97 Å². The number of piperidine rings is 1. The Bertz CT molecular complexity index is 565. The molecule has 8 heteroatoms. The van der Waals surface area contributed by atoms with Gasteiger partial charge in [0.15, 0.2) is 11.9 Å². The Hall–Kier alpha value is -1.96. The molecule has 2 aliphatic rings. The smallest absolute Gasteiger partial charge is 0.332 e. The average Bonchev–Trinajstić information content (AvgIpc) is 3.16. The summed E-state index contributed by atoms with van der Waals surface area (Å²) in [6.07, 6.45) is 0.920. The minimum absolute atomic E-state index is 0.107. The molecule has 0 unspecified atom stereocenters. The molecule has 1 aromatic rings. The largest absolute Gasteiger partial charge is 0.479 e. The van der Waals surface area contributed by atoms with Crippen LogP contribution in [0.4, 0.5) is 0 Å². The van der Waals surface area contributed by atoms with Gasteiger partial charge in [0.25, 0.3) is 5.91 Å². The number of ether oxygens (including phenoxy) is 1. The van der Waals surface area contributed by atoms with Crippen LogP contribution in [0.3, 0.4) is 0 Å². The quantitative estimate of drug-likeness (QED) is 0.876. The van der Waals surface area contributed by atoms with E-state index in [0.717, 1.165) is 12.8 Å². The van der Waals surface area contributed by atoms with Crippen molar-refractivity contribution in [1.82, 2.24) is 15.0 Å². The third-order valence-electron chi connectivity index (χ3n) is 4.27. The molecule has 0 aromatic carbocycles. The zero-order chi connectivity index (χ0) is 15.7. The summed E-state index contributed by atoms with van der Waals surface area (Å²) in [6.45, 7) is 2.98. The van der Waals surface area contributed by atoms with Crippen LogP contribution < -0.4 is 0 Å². The number of aliphatic carboxylic acids is 1. The second-order valence-corrected chi connectivity index (χ2v) is 5.81. The third-order valence-corrected chi connectivity index (χ3v) is 4.27. The number of nitrogens with zero attached hydrogens (tertiary/aromatic N) is 3. The van der Waals surface area contributed by atoms with E-state index in [4.69, 9.17) is 14.4 Å². The number of hydrogen-bond donors (Lipinski definition) is 1. The number of carboxylic acid groups (broad SMARTS) is 1. The molecule has 0 bridgehead atoms. The first-order valence-corrected chi connectivity index (χ1v) is 7.52.